The molecule has 0 aliphatic heterocycles. The molecule has 1 rings (SSSR count). The Balaban J connectivity index is 2.87. The number of carbonyl (C=O) groups is 1. The number of amides is 1. The zero-order chi connectivity index (χ0) is 16.0. The van der Waals surface area contributed by atoms with Gasteiger partial charge in [0, 0.05) is 0 Å². The van der Waals surface area contributed by atoms with E-state index in [-0.39, 0.29) is 0 Å². The summed E-state index contributed by atoms with van der Waals surface area (Å²) in [5.41, 5.74) is 0.00169. The molecule has 0 aromatic heterocycles. The first-order chi connectivity index (χ1) is 9.76. The molecular formula is C15H23NO5. The summed E-state index contributed by atoms with van der Waals surface area (Å²) < 4.78 is 10.2. The van der Waals surface area contributed by atoms with Gasteiger partial charge in [0.15, 0.2) is 0 Å². The predicted molar refractivity (Wildman–Crippen MR) is 78.2 cm³/mol. The van der Waals surface area contributed by atoms with Crippen molar-refractivity contribution in [2.75, 3.05) is 13.7 Å². The van der Waals surface area contributed by atoms with Crippen LogP contribution < -0.4 is 10.1 Å². The number of ether oxygens (including phenoxy) is 2. The van der Waals surface area contributed by atoms with E-state index in [4.69, 9.17) is 14.6 Å². The molecule has 0 saturated heterocycles. The second-order valence-corrected chi connectivity index (χ2v) is 5.65. The lowest BCUT2D eigenvalue weighted by atomic mass is 10.0. The minimum Gasteiger partial charge on any atom is -0.497 e. The molecule has 6 nitrogen and oxygen atoms in total. The minimum atomic E-state index is -1.13. The van der Waals surface area contributed by atoms with Gasteiger partial charge in [-0.05, 0) is 38.5 Å². The van der Waals surface area contributed by atoms with Crippen LogP contribution in [0.5, 0.6) is 5.75 Å². The standard InChI is InChI=1S/C15H23NO5/c1-15(2,3)21-14(19)16-13(12(18)9-17)10-5-7-11(20-4)8-6-10/h5-8,12-13,17-18H,9H2,1-4H3,(H,16,19)/t12-,13+/m1/s1. The summed E-state index contributed by atoms with van der Waals surface area (Å²) in [4.78, 5) is 11.8. The first-order valence-corrected chi connectivity index (χ1v) is 6.69. The molecule has 1 aromatic carbocycles. The Bertz CT molecular complexity index is 452. The molecule has 2 atom stereocenters. The Morgan fingerprint density at radius 3 is 2.29 bits per heavy atom. The zero-order valence-electron chi connectivity index (χ0n) is 12.8. The van der Waals surface area contributed by atoms with E-state index in [0.717, 1.165) is 0 Å². The zero-order valence-corrected chi connectivity index (χ0v) is 12.8. The van der Waals surface area contributed by atoms with Gasteiger partial charge < -0.3 is 25.0 Å². The van der Waals surface area contributed by atoms with Crippen LogP contribution in [0.2, 0.25) is 0 Å². The maximum absolute atomic E-state index is 11.8. The Hall–Kier alpha value is -1.79. The number of benzene rings is 1. The SMILES string of the molecule is COc1ccc([C@H](NC(=O)OC(C)(C)C)[C@H](O)CO)cc1. The average molecular weight is 297 g/mol. The molecule has 0 spiro atoms. The molecule has 0 heterocycles. The number of aliphatic hydroxyl groups is 2. The van der Waals surface area contributed by atoms with Gasteiger partial charge in [0.25, 0.3) is 0 Å². The molecule has 1 aromatic rings. The molecule has 0 saturated carbocycles. The third-order valence-corrected chi connectivity index (χ3v) is 2.72. The summed E-state index contributed by atoms with van der Waals surface area (Å²) in [5, 5.41) is 21.6. The van der Waals surface area contributed by atoms with Gasteiger partial charge in [-0.2, -0.15) is 0 Å². The summed E-state index contributed by atoms with van der Waals surface area (Å²) in [5.74, 6) is 0.660. The lowest BCUT2D eigenvalue weighted by Crippen LogP contribution is -2.40. The second-order valence-electron chi connectivity index (χ2n) is 5.65. The minimum absolute atomic E-state index is 0.480. The van der Waals surface area contributed by atoms with E-state index in [1.807, 2.05) is 0 Å². The first-order valence-electron chi connectivity index (χ1n) is 6.69. The Kier molecular flexibility index (Phi) is 5.99. The summed E-state index contributed by atoms with van der Waals surface area (Å²) in [7, 11) is 1.55. The molecule has 0 unspecified atom stereocenters. The van der Waals surface area contributed by atoms with Crippen LogP contribution in [0.1, 0.15) is 32.4 Å². The fourth-order valence-electron chi connectivity index (χ4n) is 1.75. The van der Waals surface area contributed by atoms with Gasteiger partial charge in [-0.25, -0.2) is 4.79 Å². The Morgan fingerprint density at radius 2 is 1.86 bits per heavy atom. The van der Waals surface area contributed by atoms with Gasteiger partial charge >= 0.3 is 6.09 Å². The van der Waals surface area contributed by atoms with Crippen molar-refractivity contribution in [2.24, 2.45) is 0 Å². The molecule has 0 aliphatic carbocycles. The Labute approximate surface area is 124 Å². The van der Waals surface area contributed by atoms with Gasteiger partial charge in [0.05, 0.1) is 19.8 Å². The van der Waals surface area contributed by atoms with Crippen LogP contribution in [0, 0.1) is 0 Å². The molecular weight excluding hydrogens is 274 g/mol. The number of rotatable bonds is 5. The van der Waals surface area contributed by atoms with E-state index >= 15 is 0 Å². The molecule has 21 heavy (non-hydrogen) atoms. The number of aliphatic hydroxyl groups excluding tert-OH is 2. The van der Waals surface area contributed by atoms with Crippen LogP contribution in [0.4, 0.5) is 4.79 Å². The molecule has 0 fully saturated rings. The summed E-state index contributed by atoms with van der Waals surface area (Å²) in [6.45, 7) is 4.76. The quantitative estimate of drug-likeness (QED) is 0.768. The van der Waals surface area contributed by atoms with Crippen molar-refractivity contribution in [1.29, 1.82) is 0 Å². The number of hydrogen-bond acceptors (Lipinski definition) is 5. The van der Waals surface area contributed by atoms with Gasteiger partial charge in [-0.1, -0.05) is 12.1 Å². The highest BCUT2D eigenvalue weighted by Gasteiger charge is 2.25. The van der Waals surface area contributed by atoms with E-state index in [0.29, 0.717) is 11.3 Å². The predicted octanol–water partition coefficient (Wildman–Crippen LogP) is 1.61. The van der Waals surface area contributed by atoms with Crippen molar-refractivity contribution >= 4 is 6.09 Å². The lowest BCUT2D eigenvalue weighted by Gasteiger charge is -2.26. The van der Waals surface area contributed by atoms with Crippen LogP contribution in [-0.4, -0.2) is 41.7 Å². The monoisotopic (exact) mass is 297 g/mol. The smallest absolute Gasteiger partial charge is 0.408 e. The summed E-state index contributed by atoms with van der Waals surface area (Å²) in [6, 6.07) is 6.07. The topological polar surface area (TPSA) is 88.0 Å². The number of nitrogens with one attached hydrogen (secondary N) is 1. The van der Waals surface area contributed by atoms with E-state index in [2.05, 4.69) is 5.32 Å². The van der Waals surface area contributed by atoms with Gasteiger partial charge in [0.1, 0.15) is 17.5 Å². The number of carbonyl (C=O) groups excluding carboxylic acids is 1. The van der Waals surface area contributed by atoms with Crippen molar-refractivity contribution in [1.82, 2.24) is 5.32 Å². The second kappa shape index (κ2) is 7.28. The van der Waals surface area contributed by atoms with Crippen molar-refractivity contribution in [2.45, 2.75) is 38.5 Å². The van der Waals surface area contributed by atoms with Crippen LogP contribution in [0.25, 0.3) is 0 Å². The van der Waals surface area contributed by atoms with Gasteiger partial charge in [0.2, 0.25) is 0 Å². The molecule has 6 heteroatoms. The van der Waals surface area contributed by atoms with Gasteiger partial charge in [-0.15, -0.1) is 0 Å². The Morgan fingerprint density at radius 1 is 1.29 bits per heavy atom. The third kappa shape index (κ3) is 5.61. The van der Waals surface area contributed by atoms with E-state index in [1.165, 1.54) is 0 Å². The van der Waals surface area contributed by atoms with E-state index in [9.17, 15) is 9.90 Å². The van der Waals surface area contributed by atoms with Gasteiger partial charge in [-0.3, -0.25) is 0 Å². The average Bonchev–Trinajstić information content (AvgIpc) is 2.42. The van der Waals surface area contributed by atoms with Crippen molar-refractivity contribution in [3.8, 4) is 5.75 Å². The van der Waals surface area contributed by atoms with Crippen LogP contribution >= 0.6 is 0 Å². The fourth-order valence-corrected chi connectivity index (χ4v) is 1.75. The van der Waals surface area contributed by atoms with Crippen molar-refractivity contribution in [3.63, 3.8) is 0 Å². The van der Waals surface area contributed by atoms with Crippen molar-refractivity contribution in [3.05, 3.63) is 29.8 Å². The third-order valence-electron chi connectivity index (χ3n) is 2.72. The first kappa shape index (κ1) is 17.3. The molecule has 1 amide bonds. The molecule has 0 bridgehead atoms. The summed E-state index contributed by atoms with van der Waals surface area (Å²) >= 11 is 0. The number of alkyl carbamates (subject to hydrolysis) is 1. The van der Waals surface area contributed by atoms with Crippen LogP contribution in [-0.2, 0) is 4.74 Å². The van der Waals surface area contributed by atoms with Crippen LogP contribution in [0.3, 0.4) is 0 Å². The van der Waals surface area contributed by atoms with Crippen molar-refractivity contribution < 1.29 is 24.5 Å². The number of methoxy groups -OCH3 is 1. The lowest BCUT2D eigenvalue weighted by molar-refractivity contribution is 0.0316. The molecule has 0 radical (unpaired) electrons. The maximum atomic E-state index is 11.8. The van der Waals surface area contributed by atoms with Crippen LogP contribution in [0.15, 0.2) is 24.3 Å². The highest BCUT2D eigenvalue weighted by Crippen LogP contribution is 2.21. The highest BCUT2D eigenvalue weighted by molar-refractivity contribution is 5.68. The normalized spacial score (nSPS) is 14.2. The number of hydrogen-bond donors (Lipinski definition) is 3. The highest BCUT2D eigenvalue weighted by atomic mass is 16.6. The fraction of sp³-hybridized carbons (Fsp3) is 0.533. The van der Waals surface area contributed by atoms with E-state index in [1.54, 1.807) is 52.1 Å². The largest absolute Gasteiger partial charge is 0.497 e. The summed E-state index contributed by atoms with van der Waals surface area (Å²) in [6.07, 6.45) is -1.79. The molecule has 0 aliphatic rings. The molecule has 3 N–H and O–H groups in total. The molecule has 118 valence electrons. The van der Waals surface area contributed by atoms with E-state index < -0.39 is 30.4 Å². The maximum Gasteiger partial charge on any atom is 0.408 e.